The van der Waals surface area contributed by atoms with E-state index >= 15 is 0 Å². The SMILES string of the molecule is O=CNS(=O)(=O)c1ccon1. The van der Waals surface area contributed by atoms with Gasteiger partial charge in [0.1, 0.15) is 6.26 Å². The van der Waals surface area contributed by atoms with Crippen molar-refractivity contribution in [1.29, 1.82) is 0 Å². The average molecular weight is 176 g/mol. The van der Waals surface area contributed by atoms with Crippen molar-refractivity contribution < 1.29 is 17.7 Å². The van der Waals surface area contributed by atoms with Gasteiger partial charge in [0, 0.05) is 6.07 Å². The van der Waals surface area contributed by atoms with E-state index in [0.717, 1.165) is 12.3 Å². The molecule has 0 fully saturated rings. The van der Waals surface area contributed by atoms with Gasteiger partial charge in [-0.05, 0) is 0 Å². The van der Waals surface area contributed by atoms with E-state index in [9.17, 15) is 13.2 Å². The van der Waals surface area contributed by atoms with Crippen LogP contribution in [0.15, 0.2) is 21.9 Å². The zero-order valence-electron chi connectivity index (χ0n) is 5.22. The van der Waals surface area contributed by atoms with Gasteiger partial charge in [-0.3, -0.25) is 9.52 Å². The molecule has 1 heterocycles. The summed E-state index contributed by atoms with van der Waals surface area (Å²) in [6.07, 6.45) is 1.16. The van der Waals surface area contributed by atoms with Crippen molar-refractivity contribution in [2.24, 2.45) is 0 Å². The Morgan fingerprint density at radius 2 is 2.36 bits per heavy atom. The molecule has 1 N–H and O–H groups in total. The molecule has 0 unspecified atom stereocenters. The quantitative estimate of drug-likeness (QED) is 0.603. The molecule has 7 heteroatoms. The lowest BCUT2D eigenvalue weighted by Crippen LogP contribution is -2.21. The van der Waals surface area contributed by atoms with E-state index in [4.69, 9.17) is 0 Å². The first-order valence-electron chi connectivity index (χ1n) is 2.53. The number of hydrogen-bond acceptors (Lipinski definition) is 5. The highest BCUT2D eigenvalue weighted by molar-refractivity contribution is 7.89. The number of rotatable bonds is 3. The second-order valence-electron chi connectivity index (χ2n) is 1.58. The maximum Gasteiger partial charge on any atom is 0.284 e. The Morgan fingerprint density at radius 1 is 1.64 bits per heavy atom. The highest BCUT2D eigenvalue weighted by atomic mass is 32.2. The number of carbonyl (C=O) groups excluding carboxylic acids is 1. The van der Waals surface area contributed by atoms with Gasteiger partial charge in [-0.2, -0.15) is 8.42 Å². The molecule has 0 radical (unpaired) electrons. The van der Waals surface area contributed by atoms with Gasteiger partial charge in [0.2, 0.25) is 11.4 Å². The summed E-state index contributed by atoms with van der Waals surface area (Å²) in [6.45, 7) is 0. The molecule has 0 aliphatic rings. The summed E-state index contributed by atoms with van der Waals surface area (Å²) in [5.41, 5.74) is 0. The molecular formula is C4H4N2O4S. The van der Waals surface area contributed by atoms with E-state index in [1.54, 1.807) is 4.72 Å². The van der Waals surface area contributed by atoms with Crippen LogP contribution in [0.1, 0.15) is 0 Å². The Kier molecular flexibility index (Phi) is 1.90. The van der Waals surface area contributed by atoms with Gasteiger partial charge >= 0.3 is 0 Å². The fourth-order valence-corrected chi connectivity index (χ4v) is 1.09. The van der Waals surface area contributed by atoms with Crippen LogP contribution in [0.2, 0.25) is 0 Å². The smallest absolute Gasteiger partial charge is 0.284 e. The zero-order chi connectivity index (χ0) is 8.32. The summed E-state index contributed by atoms with van der Waals surface area (Å²) in [4.78, 5) is 9.77. The number of aromatic nitrogens is 1. The molecule has 1 amide bonds. The minimum atomic E-state index is -3.79. The first kappa shape index (κ1) is 7.73. The summed E-state index contributed by atoms with van der Waals surface area (Å²) in [6, 6.07) is 1.13. The first-order chi connectivity index (χ1) is 5.17. The largest absolute Gasteiger partial charge is 0.363 e. The summed E-state index contributed by atoms with van der Waals surface area (Å²) in [7, 11) is -3.79. The van der Waals surface area contributed by atoms with Gasteiger partial charge in [0.15, 0.2) is 0 Å². The van der Waals surface area contributed by atoms with Crippen LogP contribution in [0.5, 0.6) is 0 Å². The minimum absolute atomic E-state index is 0.0595. The van der Waals surface area contributed by atoms with Gasteiger partial charge in [-0.25, -0.2) is 0 Å². The molecule has 6 nitrogen and oxygen atoms in total. The van der Waals surface area contributed by atoms with Crippen LogP contribution < -0.4 is 4.72 Å². The Labute approximate surface area is 62.2 Å². The number of carbonyl (C=O) groups is 1. The minimum Gasteiger partial charge on any atom is -0.363 e. The number of hydrogen-bond donors (Lipinski definition) is 1. The summed E-state index contributed by atoms with van der Waals surface area (Å²) >= 11 is 0. The molecule has 0 atom stereocenters. The van der Waals surface area contributed by atoms with Crippen molar-refractivity contribution >= 4 is 16.4 Å². The van der Waals surface area contributed by atoms with E-state index in [-0.39, 0.29) is 11.4 Å². The van der Waals surface area contributed by atoms with E-state index in [1.165, 1.54) is 0 Å². The molecule has 0 aliphatic heterocycles. The van der Waals surface area contributed by atoms with Crippen LogP contribution in [0, 0.1) is 0 Å². The predicted molar refractivity (Wildman–Crippen MR) is 32.9 cm³/mol. The molecule has 1 aromatic rings. The Hall–Kier alpha value is -1.37. The lowest BCUT2D eigenvalue weighted by atomic mass is 10.8. The fourth-order valence-electron chi connectivity index (χ4n) is 0.464. The first-order valence-corrected chi connectivity index (χ1v) is 4.01. The van der Waals surface area contributed by atoms with Crippen molar-refractivity contribution in [1.82, 2.24) is 9.88 Å². The third kappa shape index (κ3) is 1.55. The summed E-state index contributed by atoms with van der Waals surface area (Å²) < 4.78 is 27.5. The normalized spacial score (nSPS) is 10.9. The van der Waals surface area contributed by atoms with E-state index < -0.39 is 10.0 Å². The summed E-state index contributed by atoms with van der Waals surface area (Å²) in [5, 5.41) is 2.81. The highest BCUT2D eigenvalue weighted by Gasteiger charge is 2.15. The number of nitrogens with one attached hydrogen (secondary N) is 1. The monoisotopic (exact) mass is 176 g/mol. The average Bonchev–Trinajstić information content (AvgIpc) is 2.37. The second kappa shape index (κ2) is 2.70. The molecule has 0 bridgehead atoms. The summed E-state index contributed by atoms with van der Waals surface area (Å²) in [5.74, 6) is 0. The molecular weight excluding hydrogens is 172 g/mol. The molecule has 0 saturated heterocycles. The van der Waals surface area contributed by atoms with Crippen LogP contribution in [0.25, 0.3) is 0 Å². The lowest BCUT2D eigenvalue weighted by molar-refractivity contribution is -0.108. The number of sulfonamides is 1. The molecule has 0 aromatic carbocycles. The number of amides is 1. The Morgan fingerprint density at radius 3 is 2.82 bits per heavy atom. The number of nitrogens with zero attached hydrogens (tertiary/aromatic N) is 1. The molecule has 60 valence electrons. The van der Waals surface area contributed by atoms with Crippen molar-refractivity contribution in [3.63, 3.8) is 0 Å². The molecule has 1 aromatic heterocycles. The Bertz CT molecular complexity index is 327. The van der Waals surface area contributed by atoms with Crippen LogP contribution >= 0.6 is 0 Å². The van der Waals surface area contributed by atoms with Gasteiger partial charge in [0.05, 0.1) is 0 Å². The van der Waals surface area contributed by atoms with Gasteiger partial charge in [-0.1, -0.05) is 5.16 Å². The van der Waals surface area contributed by atoms with Gasteiger partial charge < -0.3 is 4.52 Å². The van der Waals surface area contributed by atoms with Crippen molar-refractivity contribution in [2.75, 3.05) is 0 Å². The molecule has 0 aliphatic carbocycles. The van der Waals surface area contributed by atoms with Gasteiger partial charge in [-0.15, -0.1) is 0 Å². The van der Waals surface area contributed by atoms with E-state index in [2.05, 4.69) is 9.68 Å². The van der Waals surface area contributed by atoms with Gasteiger partial charge in [0.25, 0.3) is 10.0 Å². The van der Waals surface area contributed by atoms with Crippen molar-refractivity contribution in [2.45, 2.75) is 5.03 Å². The molecule has 0 spiro atoms. The zero-order valence-corrected chi connectivity index (χ0v) is 6.04. The topological polar surface area (TPSA) is 89.3 Å². The fraction of sp³-hybridized carbons (Fsp3) is 0. The predicted octanol–water partition coefficient (Wildman–Crippen LogP) is -0.891. The third-order valence-electron chi connectivity index (χ3n) is 0.893. The Balaban J connectivity index is 3.01. The highest BCUT2D eigenvalue weighted by Crippen LogP contribution is 2.01. The third-order valence-corrected chi connectivity index (χ3v) is 2.06. The van der Waals surface area contributed by atoms with Crippen LogP contribution in [0.4, 0.5) is 0 Å². The van der Waals surface area contributed by atoms with E-state index in [1.807, 2.05) is 0 Å². The maximum absolute atomic E-state index is 10.8. The molecule has 1 rings (SSSR count). The van der Waals surface area contributed by atoms with Crippen LogP contribution in [-0.2, 0) is 14.8 Å². The van der Waals surface area contributed by atoms with Crippen LogP contribution in [-0.4, -0.2) is 20.0 Å². The van der Waals surface area contributed by atoms with Crippen molar-refractivity contribution in [3.8, 4) is 0 Å². The van der Waals surface area contributed by atoms with E-state index in [0.29, 0.717) is 0 Å². The van der Waals surface area contributed by atoms with Crippen LogP contribution in [0.3, 0.4) is 0 Å². The standard InChI is InChI=1S/C4H4N2O4S/c7-3-5-11(8,9)4-1-2-10-6-4/h1-3H,(H,5,7). The molecule has 11 heavy (non-hydrogen) atoms. The molecule has 0 saturated carbocycles. The maximum atomic E-state index is 10.8. The lowest BCUT2D eigenvalue weighted by Gasteiger charge is -1.93. The van der Waals surface area contributed by atoms with Crippen molar-refractivity contribution in [3.05, 3.63) is 12.3 Å². The second-order valence-corrected chi connectivity index (χ2v) is 3.24.